The Balaban J connectivity index is 1.03. The summed E-state index contributed by atoms with van der Waals surface area (Å²) in [5.74, 6) is 0. The van der Waals surface area contributed by atoms with Gasteiger partial charge in [0.25, 0.3) is 0 Å². The second-order valence-electron chi connectivity index (χ2n) is 14.1. The first kappa shape index (κ1) is 33.6. The molecule has 0 saturated carbocycles. The van der Waals surface area contributed by atoms with Crippen LogP contribution in [0, 0.1) is 0 Å². The van der Waals surface area contributed by atoms with Crippen LogP contribution in [0.1, 0.15) is 0 Å². The maximum Gasteiger partial charge on any atom is 0.0462 e. The van der Waals surface area contributed by atoms with Crippen LogP contribution in [0.3, 0.4) is 0 Å². The van der Waals surface area contributed by atoms with E-state index < -0.39 is 0 Å². The smallest absolute Gasteiger partial charge is 0.0462 e. The number of benzene rings is 9. The van der Waals surface area contributed by atoms with E-state index in [4.69, 9.17) is 0 Å². The molecule has 10 rings (SSSR count). The van der Waals surface area contributed by atoms with E-state index in [2.05, 4.69) is 229 Å². The van der Waals surface area contributed by atoms with E-state index in [1.54, 1.807) is 0 Å². The molecule has 1 aromatic heterocycles. The lowest BCUT2D eigenvalue weighted by Crippen LogP contribution is -2.09. The Hall–Kier alpha value is -7.00. The van der Waals surface area contributed by atoms with E-state index in [1.807, 2.05) is 11.3 Å². The number of hydrogen-bond acceptors (Lipinski definition) is 2. The average Bonchev–Trinajstić information content (AvgIpc) is 3.67. The molecule has 0 aliphatic heterocycles. The maximum absolute atomic E-state index is 2.36. The monoisotopic (exact) mass is 731 g/mol. The predicted octanol–water partition coefficient (Wildman–Crippen LogP) is 15.9. The van der Waals surface area contributed by atoms with Crippen LogP contribution in [0.5, 0.6) is 0 Å². The molecule has 0 unspecified atom stereocenters. The van der Waals surface area contributed by atoms with Gasteiger partial charge in [-0.1, -0.05) is 176 Å². The molecule has 264 valence electrons. The van der Waals surface area contributed by atoms with Crippen molar-refractivity contribution in [3.8, 4) is 55.6 Å². The second kappa shape index (κ2) is 14.7. The third-order valence-corrected chi connectivity index (χ3v) is 11.9. The Labute approximate surface area is 332 Å². The van der Waals surface area contributed by atoms with Gasteiger partial charge in [0.15, 0.2) is 0 Å². The number of thiophene rings is 1. The fraction of sp³-hybridized carbons (Fsp3) is 0. The summed E-state index contributed by atoms with van der Waals surface area (Å²) in [5.41, 5.74) is 15.5. The van der Waals surface area contributed by atoms with Crippen LogP contribution in [0.15, 0.2) is 224 Å². The summed E-state index contributed by atoms with van der Waals surface area (Å²) < 4.78 is 2.65. The number of nitrogens with zero attached hydrogens (tertiary/aromatic N) is 1. The van der Waals surface area contributed by atoms with E-state index in [-0.39, 0.29) is 0 Å². The van der Waals surface area contributed by atoms with Crippen molar-refractivity contribution in [2.24, 2.45) is 0 Å². The molecular weight excluding hydrogens is 695 g/mol. The van der Waals surface area contributed by atoms with Gasteiger partial charge >= 0.3 is 0 Å². The molecule has 0 spiro atoms. The zero-order chi connectivity index (χ0) is 37.3. The van der Waals surface area contributed by atoms with Crippen LogP contribution >= 0.6 is 11.3 Å². The maximum atomic E-state index is 2.36. The molecule has 0 amide bonds. The van der Waals surface area contributed by atoms with Gasteiger partial charge in [-0.3, -0.25) is 0 Å². The van der Waals surface area contributed by atoms with Crippen LogP contribution < -0.4 is 4.90 Å². The average molecular weight is 732 g/mol. The Kier molecular flexibility index (Phi) is 8.79. The Morgan fingerprint density at radius 3 is 1.30 bits per heavy atom. The standard InChI is InChI=1S/C54H37NS/c1-4-13-38(14-5-1)39-23-30-45(31-24-39)55(47-34-27-43(28-35-47)49-20-12-21-51-50-19-10-11-22-53(50)56-54(49)51)46-32-25-40(26-33-46)44-29-36-48(41-15-6-2-7-16-41)52(37-44)42-17-8-3-9-18-42/h1-37H. The van der Waals surface area contributed by atoms with E-state index in [0.29, 0.717) is 0 Å². The first-order valence-corrected chi connectivity index (χ1v) is 19.9. The van der Waals surface area contributed by atoms with Gasteiger partial charge in [0.2, 0.25) is 0 Å². The van der Waals surface area contributed by atoms with Gasteiger partial charge in [0, 0.05) is 37.2 Å². The Morgan fingerprint density at radius 2 is 0.696 bits per heavy atom. The van der Waals surface area contributed by atoms with Crippen LogP contribution in [-0.2, 0) is 0 Å². The summed E-state index contributed by atoms with van der Waals surface area (Å²) in [6.45, 7) is 0. The van der Waals surface area contributed by atoms with Crippen molar-refractivity contribution in [2.45, 2.75) is 0 Å². The summed E-state index contributed by atoms with van der Waals surface area (Å²) >= 11 is 1.87. The fourth-order valence-electron chi connectivity index (χ4n) is 7.90. The molecule has 0 N–H and O–H groups in total. The van der Waals surface area contributed by atoms with Crippen LogP contribution in [-0.4, -0.2) is 0 Å². The van der Waals surface area contributed by atoms with Crippen LogP contribution in [0.4, 0.5) is 17.1 Å². The van der Waals surface area contributed by atoms with Gasteiger partial charge in [-0.2, -0.15) is 0 Å². The van der Waals surface area contributed by atoms with Gasteiger partial charge in [-0.15, -0.1) is 11.3 Å². The highest BCUT2D eigenvalue weighted by molar-refractivity contribution is 7.26. The van der Waals surface area contributed by atoms with Gasteiger partial charge < -0.3 is 4.90 Å². The summed E-state index contributed by atoms with van der Waals surface area (Å²) in [7, 11) is 0. The minimum Gasteiger partial charge on any atom is -0.311 e. The molecule has 0 aliphatic rings. The fourth-order valence-corrected chi connectivity index (χ4v) is 9.14. The number of anilines is 3. The van der Waals surface area contributed by atoms with Crippen molar-refractivity contribution < 1.29 is 0 Å². The van der Waals surface area contributed by atoms with Crippen molar-refractivity contribution in [1.29, 1.82) is 0 Å². The van der Waals surface area contributed by atoms with Crippen LogP contribution in [0.2, 0.25) is 0 Å². The summed E-state index contributed by atoms with van der Waals surface area (Å²) in [5, 5.41) is 2.64. The minimum atomic E-state index is 1.10. The van der Waals surface area contributed by atoms with E-state index in [1.165, 1.54) is 75.8 Å². The molecule has 0 atom stereocenters. The van der Waals surface area contributed by atoms with Gasteiger partial charge in [0.1, 0.15) is 0 Å². The Bertz CT molecular complexity index is 2910. The molecule has 10 aromatic rings. The molecule has 56 heavy (non-hydrogen) atoms. The molecule has 0 saturated heterocycles. The van der Waals surface area contributed by atoms with Gasteiger partial charge in [-0.25, -0.2) is 0 Å². The highest BCUT2D eigenvalue weighted by atomic mass is 32.1. The third kappa shape index (κ3) is 6.36. The van der Waals surface area contributed by atoms with Crippen molar-refractivity contribution >= 4 is 48.6 Å². The predicted molar refractivity (Wildman–Crippen MR) is 241 cm³/mol. The second-order valence-corrected chi connectivity index (χ2v) is 15.2. The molecule has 0 aliphatic carbocycles. The lowest BCUT2D eigenvalue weighted by molar-refractivity contribution is 1.28. The number of rotatable bonds is 8. The lowest BCUT2D eigenvalue weighted by Gasteiger charge is -2.26. The lowest BCUT2D eigenvalue weighted by atomic mass is 9.91. The highest BCUT2D eigenvalue weighted by Gasteiger charge is 2.16. The van der Waals surface area contributed by atoms with E-state index in [0.717, 1.165) is 17.1 Å². The van der Waals surface area contributed by atoms with Gasteiger partial charge in [0.05, 0.1) is 0 Å². The van der Waals surface area contributed by atoms with Crippen molar-refractivity contribution in [2.75, 3.05) is 4.90 Å². The Morgan fingerprint density at radius 1 is 0.268 bits per heavy atom. The molecular formula is C54H37NS. The first-order chi connectivity index (χ1) is 27.8. The molecule has 0 bridgehead atoms. The SMILES string of the molecule is c1ccc(-c2ccc(N(c3ccc(-c4ccc(-c5ccccc5)c(-c5ccccc5)c4)cc3)c3ccc(-c4cccc5c4sc4ccccc45)cc3)cc2)cc1. The first-order valence-electron chi connectivity index (χ1n) is 19.1. The molecule has 1 heterocycles. The number of fused-ring (bicyclic) bond motifs is 3. The van der Waals surface area contributed by atoms with Crippen LogP contribution in [0.25, 0.3) is 75.8 Å². The molecule has 0 fully saturated rings. The molecule has 1 nitrogen and oxygen atoms in total. The van der Waals surface area contributed by atoms with E-state index >= 15 is 0 Å². The zero-order valence-corrected chi connectivity index (χ0v) is 31.5. The number of hydrogen-bond donors (Lipinski definition) is 0. The summed E-state index contributed by atoms with van der Waals surface area (Å²) in [6, 6.07) is 81.2. The largest absolute Gasteiger partial charge is 0.311 e. The zero-order valence-electron chi connectivity index (χ0n) is 30.7. The normalized spacial score (nSPS) is 11.2. The van der Waals surface area contributed by atoms with Crippen molar-refractivity contribution in [3.63, 3.8) is 0 Å². The molecule has 0 radical (unpaired) electrons. The quantitative estimate of drug-likeness (QED) is 0.150. The summed E-state index contributed by atoms with van der Waals surface area (Å²) in [4.78, 5) is 2.36. The van der Waals surface area contributed by atoms with Crippen molar-refractivity contribution in [1.82, 2.24) is 0 Å². The molecule has 9 aromatic carbocycles. The summed E-state index contributed by atoms with van der Waals surface area (Å²) in [6.07, 6.45) is 0. The van der Waals surface area contributed by atoms with Crippen molar-refractivity contribution in [3.05, 3.63) is 224 Å². The minimum absolute atomic E-state index is 1.10. The highest BCUT2D eigenvalue weighted by Crippen LogP contribution is 2.42. The van der Waals surface area contributed by atoms with E-state index in [9.17, 15) is 0 Å². The molecule has 2 heteroatoms. The van der Waals surface area contributed by atoms with Gasteiger partial charge in [-0.05, 0) is 104 Å². The topological polar surface area (TPSA) is 3.24 Å². The third-order valence-electron chi connectivity index (χ3n) is 10.7.